The predicted molar refractivity (Wildman–Crippen MR) is 103 cm³/mol. The lowest BCUT2D eigenvalue weighted by Gasteiger charge is -2.26. The fourth-order valence-electron chi connectivity index (χ4n) is 4.15. The number of unbranched alkanes of at least 4 members (excludes halogenated alkanes) is 9. The zero-order valence-corrected chi connectivity index (χ0v) is 15.3. The van der Waals surface area contributed by atoms with Gasteiger partial charge in [0.05, 0.1) is 0 Å². The molecule has 1 heteroatoms. The highest BCUT2D eigenvalue weighted by Gasteiger charge is 2.20. The van der Waals surface area contributed by atoms with E-state index in [4.69, 9.17) is 5.73 Å². The number of rotatable bonds is 11. The first-order chi connectivity index (χ1) is 11.3. The zero-order valence-electron chi connectivity index (χ0n) is 15.3. The minimum Gasteiger partial charge on any atom is -0.398 e. The molecule has 1 aromatic carbocycles. The fraction of sp³-hybridized carbons (Fsp3) is 0.727. The summed E-state index contributed by atoms with van der Waals surface area (Å²) < 4.78 is 0. The summed E-state index contributed by atoms with van der Waals surface area (Å²) in [6.07, 6.45) is 19.5. The van der Waals surface area contributed by atoms with Crippen molar-refractivity contribution >= 4 is 5.69 Å². The van der Waals surface area contributed by atoms with Crippen LogP contribution in [0.15, 0.2) is 18.2 Å². The quantitative estimate of drug-likeness (QED) is 0.345. The maximum atomic E-state index is 6.16. The van der Waals surface area contributed by atoms with E-state index in [1.165, 1.54) is 95.5 Å². The van der Waals surface area contributed by atoms with Crippen LogP contribution in [0.4, 0.5) is 5.69 Å². The monoisotopic (exact) mass is 315 g/mol. The van der Waals surface area contributed by atoms with Crippen LogP contribution in [-0.2, 0) is 6.42 Å². The first-order valence-electron chi connectivity index (χ1n) is 10.2. The molecule has 1 unspecified atom stereocenters. The molecular weight excluding hydrogens is 278 g/mol. The molecule has 130 valence electrons. The van der Waals surface area contributed by atoms with Gasteiger partial charge in [0.25, 0.3) is 0 Å². The second-order valence-corrected chi connectivity index (χ2v) is 7.47. The van der Waals surface area contributed by atoms with Crippen LogP contribution < -0.4 is 5.73 Å². The van der Waals surface area contributed by atoms with Gasteiger partial charge in [0.15, 0.2) is 0 Å². The number of nitrogens with two attached hydrogens (primary N) is 1. The van der Waals surface area contributed by atoms with Crippen molar-refractivity contribution < 1.29 is 0 Å². The van der Waals surface area contributed by atoms with E-state index >= 15 is 0 Å². The van der Waals surface area contributed by atoms with Crippen molar-refractivity contribution in [3.05, 3.63) is 29.3 Å². The Bertz CT molecular complexity index is 438. The Morgan fingerprint density at radius 2 is 1.57 bits per heavy atom. The predicted octanol–water partition coefficient (Wildman–Crippen LogP) is 7.00. The molecule has 0 aromatic heterocycles. The second-order valence-electron chi connectivity index (χ2n) is 7.47. The zero-order chi connectivity index (χ0) is 16.3. The topological polar surface area (TPSA) is 26.0 Å². The number of fused-ring (bicyclic) bond motifs is 1. The Morgan fingerprint density at radius 1 is 0.913 bits per heavy atom. The van der Waals surface area contributed by atoms with E-state index in [2.05, 4.69) is 25.1 Å². The summed E-state index contributed by atoms with van der Waals surface area (Å²) in [5.74, 6) is 0.774. The van der Waals surface area contributed by atoms with Crippen molar-refractivity contribution in [2.24, 2.45) is 0 Å². The highest BCUT2D eigenvalue weighted by Crippen LogP contribution is 2.37. The van der Waals surface area contributed by atoms with E-state index in [-0.39, 0.29) is 0 Å². The standard InChI is InChI=1S/C22H37N/c1-2-3-4-5-6-7-8-9-10-11-14-19-15-12-17-21-20(19)16-13-18-22(21)23/h13,16,18-19H,2-12,14-15,17,23H2,1H3. The highest BCUT2D eigenvalue weighted by molar-refractivity contribution is 5.53. The van der Waals surface area contributed by atoms with Crippen LogP contribution in [0.1, 0.15) is 107 Å². The molecule has 2 N–H and O–H groups in total. The molecule has 1 aliphatic carbocycles. The van der Waals surface area contributed by atoms with Crippen molar-refractivity contribution in [1.29, 1.82) is 0 Å². The number of anilines is 1. The van der Waals surface area contributed by atoms with Gasteiger partial charge in [-0.15, -0.1) is 0 Å². The van der Waals surface area contributed by atoms with Crippen molar-refractivity contribution in [2.45, 2.75) is 103 Å². The molecule has 1 aliphatic rings. The molecule has 0 radical (unpaired) electrons. The van der Waals surface area contributed by atoms with Crippen molar-refractivity contribution in [2.75, 3.05) is 5.73 Å². The molecule has 0 heterocycles. The molecule has 0 saturated heterocycles. The first kappa shape index (κ1) is 18.4. The van der Waals surface area contributed by atoms with Gasteiger partial charge < -0.3 is 5.73 Å². The van der Waals surface area contributed by atoms with Crippen LogP contribution >= 0.6 is 0 Å². The molecule has 0 aliphatic heterocycles. The molecule has 0 bridgehead atoms. The molecule has 1 atom stereocenters. The minimum absolute atomic E-state index is 0.774. The van der Waals surface area contributed by atoms with Gasteiger partial charge in [0.2, 0.25) is 0 Å². The molecular formula is C22H37N. The van der Waals surface area contributed by atoms with Crippen LogP contribution in [0.2, 0.25) is 0 Å². The van der Waals surface area contributed by atoms with Crippen LogP contribution in [0.5, 0.6) is 0 Å². The van der Waals surface area contributed by atoms with Gasteiger partial charge in [-0.05, 0) is 48.8 Å². The molecule has 0 fully saturated rings. The third kappa shape index (κ3) is 6.20. The molecule has 1 aromatic rings. The molecule has 0 spiro atoms. The van der Waals surface area contributed by atoms with Gasteiger partial charge in [0.1, 0.15) is 0 Å². The third-order valence-electron chi connectivity index (χ3n) is 5.57. The van der Waals surface area contributed by atoms with Gasteiger partial charge >= 0.3 is 0 Å². The molecule has 0 saturated carbocycles. The SMILES string of the molecule is CCCCCCCCCCCCC1CCCc2c(N)cccc21. The smallest absolute Gasteiger partial charge is 0.0349 e. The normalized spacial score (nSPS) is 17.2. The van der Waals surface area contributed by atoms with Crippen molar-refractivity contribution in [3.63, 3.8) is 0 Å². The average molecular weight is 316 g/mol. The van der Waals surface area contributed by atoms with Crippen molar-refractivity contribution in [1.82, 2.24) is 0 Å². The maximum absolute atomic E-state index is 6.16. The Morgan fingerprint density at radius 3 is 2.26 bits per heavy atom. The van der Waals surface area contributed by atoms with Crippen LogP contribution in [0, 0.1) is 0 Å². The summed E-state index contributed by atoms with van der Waals surface area (Å²) in [5.41, 5.74) is 10.2. The number of hydrogen-bond donors (Lipinski definition) is 1. The van der Waals surface area contributed by atoms with Crippen LogP contribution in [0.3, 0.4) is 0 Å². The largest absolute Gasteiger partial charge is 0.398 e. The summed E-state index contributed by atoms with van der Waals surface area (Å²) in [5, 5.41) is 0. The van der Waals surface area contributed by atoms with E-state index in [1.807, 2.05) is 0 Å². The third-order valence-corrected chi connectivity index (χ3v) is 5.57. The van der Waals surface area contributed by atoms with E-state index < -0.39 is 0 Å². The minimum atomic E-state index is 0.774. The summed E-state index contributed by atoms with van der Waals surface area (Å²) in [7, 11) is 0. The summed E-state index contributed by atoms with van der Waals surface area (Å²) in [4.78, 5) is 0. The fourth-order valence-corrected chi connectivity index (χ4v) is 4.15. The van der Waals surface area contributed by atoms with Gasteiger partial charge in [-0.2, -0.15) is 0 Å². The van der Waals surface area contributed by atoms with E-state index in [0.29, 0.717) is 0 Å². The Hall–Kier alpha value is -0.980. The van der Waals surface area contributed by atoms with E-state index in [1.54, 1.807) is 5.56 Å². The van der Waals surface area contributed by atoms with Gasteiger partial charge in [-0.3, -0.25) is 0 Å². The number of nitrogen functional groups attached to an aromatic ring is 1. The van der Waals surface area contributed by atoms with Crippen LogP contribution in [0.25, 0.3) is 0 Å². The molecule has 23 heavy (non-hydrogen) atoms. The van der Waals surface area contributed by atoms with Gasteiger partial charge in [0, 0.05) is 5.69 Å². The molecule has 1 nitrogen and oxygen atoms in total. The number of benzene rings is 1. The Balaban J connectivity index is 1.57. The second kappa shape index (κ2) is 10.7. The highest BCUT2D eigenvalue weighted by atomic mass is 14.6. The summed E-state index contributed by atoms with van der Waals surface area (Å²) in [6.45, 7) is 2.29. The first-order valence-corrected chi connectivity index (χ1v) is 10.2. The lowest BCUT2D eigenvalue weighted by Crippen LogP contribution is -2.11. The summed E-state index contributed by atoms with van der Waals surface area (Å²) in [6, 6.07) is 6.54. The van der Waals surface area contributed by atoms with E-state index in [9.17, 15) is 0 Å². The lowest BCUT2D eigenvalue weighted by atomic mass is 9.79. The molecule has 0 amide bonds. The Kier molecular flexibility index (Phi) is 8.57. The average Bonchev–Trinajstić information content (AvgIpc) is 2.57. The lowest BCUT2D eigenvalue weighted by molar-refractivity contribution is 0.481. The van der Waals surface area contributed by atoms with Crippen LogP contribution in [-0.4, -0.2) is 0 Å². The van der Waals surface area contributed by atoms with E-state index in [0.717, 1.165) is 11.6 Å². The maximum Gasteiger partial charge on any atom is 0.0349 e. The number of hydrogen-bond acceptors (Lipinski definition) is 1. The summed E-state index contributed by atoms with van der Waals surface area (Å²) >= 11 is 0. The van der Waals surface area contributed by atoms with Gasteiger partial charge in [-0.25, -0.2) is 0 Å². The Labute approximate surface area is 144 Å². The molecule has 2 rings (SSSR count). The van der Waals surface area contributed by atoms with Gasteiger partial charge in [-0.1, -0.05) is 83.3 Å². The van der Waals surface area contributed by atoms with Crippen molar-refractivity contribution in [3.8, 4) is 0 Å².